The van der Waals surface area contributed by atoms with E-state index < -0.39 is 0 Å². The molecule has 2 rings (SSSR count). The van der Waals surface area contributed by atoms with Crippen LogP contribution in [0.15, 0.2) is 24.3 Å². The monoisotopic (exact) mass is 233 g/mol. The molecule has 1 saturated carbocycles. The molecule has 1 N–H and O–H groups in total. The molecular weight excluding hydrogens is 210 g/mol. The molecule has 17 heavy (non-hydrogen) atoms. The number of hydrogen-bond donors (Lipinski definition) is 1. The van der Waals surface area contributed by atoms with E-state index >= 15 is 0 Å². The van der Waals surface area contributed by atoms with E-state index in [9.17, 15) is 0 Å². The van der Waals surface area contributed by atoms with E-state index in [-0.39, 0.29) is 0 Å². The Morgan fingerprint density at radius 3 is 2.76 bits per heavy atom. The highest BCUT2D eigenvalue weighted by Crippen LogP contribution is 2.32. The van der Waals surface area contributed by atoms with Gasteiger partial charge in [0.1, 0.15) is 0 Å². The second kappa shape index (κ2) is 6.18. The summed E-state index contributed by atoms with van der Waals surface area (Å²) in [6.45, 7) is 3.84. The third-order valence-corrected chi connectivity index (χ3v) is 3.56. The normalized spacial score (nSPS) is 17.1. The zero-order valence-electron chi connectivity index (χ0n) is 10.9. The van der Waals surface area contributed by atoms with E-state index in [0.717, 1.165) is 19.1 Å². The van der Waals surface area contributed by atoms with Crippen LogP contribution in [0.5, 0.6) is 0 Å². The lowest BCUT2D eigenvalue weighted by atomic mass is 10.0. The SMILES string of the molecule is CNC(COCCC1CC1)c1ccccc1C. The average molecular weight is 233 g/mol. The molecule has 1 aromatic carbocycles. The summed E-state index contributed by atoms with van der Waals surface area (Å²) >= 11 is 0. The summed E-state index contributed by atoms with van der Waals surface area (Å²) in [5, 5.41) is 3.34. The van der Waals surface area contributed by atoms with Crippen LogP contribution in [0.1, 0.15) is 36.4 Å². The van der Waals surface area contributed by atoms with Crippen molar-refractivity contribution in [3.8, 4) is 0 Å². The Morgan fingerprint density at radius 2 is 2.12 bits per heavy atom. The Hall–Kier alpha value is -0.860. The maximum absolute atomic E-state index is 5.78. The molecule has 1 aliphatic rings. The van der Waals surface area contributed by atoms with Crippen LogP contribution in [-0.2, 0) is 4.74 Å². The van der Waals surface area contributed by atoms with Gasteiger partial charge in [-0.2, -0.15) is 0 Å². The lowest BCUT2D eigenvalue weighted by Crippen LogP contribution is -2.23. The highest BCUT2D eigenvalue weighted by Gasteiger charge is 2.20. The highest BCUT2D eigenvalue weighted by atomic mass is 16.5. The summed E-state index contributed by atoms with van der Waals surface area (Å²) < 4.78 is 5.78. The summed E-state index contributed by atoms with van der Waals surface area (Å²) in [5.74, 6) is 0.960. The van der Waals surface area contributed by atoms with Gasteiger partial charge in [0.15, 0.2) is 0 Å². The van der Waals surface area contributed by atoms with Crippen molar-refractivity contribution in [2.24, 2.45) is 5.92 Å². The van der Waals surface area contributed by atoms with E-state index in [4.69, 9.17) is 4.74 Å². The van der Waals surface area contributed by atoms with Crippen LogP contribution in [0.2, 0.25) is 0 Å². The summed E-state index contributed by atoms with van der Waals surface area (Å²) in [7, 11) is 2.00. The number of nitrogens with one attached hydrogen (secondary N) is 1. The Bertz CT molecular complexity index is 347. The van der Waals surface area contributed by atoms with Crippen molar-refractivity contribution in [1.82, 2.24) is 5.32 Å². The van der Waals surface area contributed by atoms with Gasteiger partial charge < -0.3 is 10.1 Å². The molecule has 2 heteroatoms. The van der Waals surface area contributed by atoms with Gasteiger partial charge in [-0.1, -0.05) is 37.1 Å². The number of aryl methyl sites for hydroxylation is 1. The minimum Gasteiger partial charge on any atom is -0.379 e. The zero-order valence-corrected chi connectivity index (χ0v) is 10.9. The molecule has 0 heterocycles. The van der Waals surface area contributed by atoms with Gasteiger partial charge in [-0.25, -0.2) is 0 Å². The molecule has 1 aromatic rings. The standard InChI is InChI=1S/C15H23NO/c1-12-5-3-4-6-14(12)15(16-2)11-17-10-9-13-7-8-13/h3-6,13,15-16H,7-11H2,1-2H3. The van der Waals surface area contributed by atoms with Crippen LogP contribution in [-0.4, -0.2) is 20.3 Å². The first-order valence-corrected chi connectivity index (χ1v) is 6.62. The van der Waals surface area contributed by atoms with Gasteiger partial charge in [0.05, 0.1) is 12.6 Å². The van der Waals surface area contributed by atoms with Crippen molar-refractivity contribution in [3.63, 3.8) is 0 Å². The van der Waals surface area contributed by atoms with Crippen LogP contribution in [0.4, 0.5) is 0 Å². The third kappa shape index (κ3) is 3.83. The van der Waals surface area contributed by atoms with Crippen molar-refractivity contribution in [3.05, 3.63) is 35.4 Å². The first-order valence-electron chi connectivity index (χ1n) is 6.62. The lowest BCUT2D eigenvalue weighted by molar-refractivity contribution is 0.108. The Kier molecular flexibility index (Phi) is 4.57. The van der Waals surface area contributed by atoms with Crippen molar-refractivity contribution in [2.45, 2.75) is 32.2 Å². The lowest BCUT2D eigenvalue weighted by Gasteiger charge is -2.18. The summed E-state index contributed by atoms with van der Waals surface area (Å²) in [4.78, 5) is 0. The second-order valence-electron chi connectivity index (χ2n) is 5.00. The average Bonchev–Trinajstić information content (AvgIpc) is 3.15. The Morgan fingerprint density at radius 1 is 1.35 bits per heavy atom. The molecule has 94 valence electrons. The number of benzene rings is 1. The van der Waals surface area contributed by atoms with Crippen molar-refractivity contribution in [1.29, 1.82) is 0 Å². The maximum atomic E-state index is 5.78. The molecular formula is C15H23NO. The molecule has 0 spiro atoms. The molecule has 0 radical (unpaired) electrons. The first-order chi connectivity index (χ1) is 8.31. The van der Waals surface area contributed by atoms with Crippen LogP contribution in [0.3, 0.4) is 0 Å². The van der Waals surface area contributed by atoms with E-state index in [1.165, 1.54) is 30.4 Å². The van der Waals surface area contributed by atoms with Gasteiger partial charge in [-0.3, -0.25) is 0 Å². The van der Waals surface area contributed by atoms with E-state index in [1.54, 1.807) is 0 Å². The molecule has 1 fully saturated rings. The number of hydrogen-bond acceptors (Lipinski definition) is 2. The van der Waals surface area contributed by atoms with Crippen molar-refractivity contribution >= 4 is 0 Å². The highest BCUT2D eigenvalue weighted by molar-refractivity contribution is 5.28. The largest absolute Gasteiger partial charge is 0.379 e. The van der Waals surface area contributed by atoms with E-state index in [0.29, 0.717) is 6.04 Å². The zero-order chi connectivity index (χ0) is 12.1. The maximum Gasteiger partial charge on any atom is 0.0661 e. The second-order valence-corrected chi connectivity index (χ2v) is 5.00. The molecule has 0 aromatic heterocycles. The fourth-order valence-electron chi connectivity index (χ4n) is 2.16. The molecule has 2 nitrogen and oxygen atoms in total. The predicted octanol–water partition coefficient (Wildman–Crippen LogP) is 3.07. The smallest absolute Gasteiger partial charge is 0.0661 e. The molecule has 0 amide bonds. The number of ether oxygens (including phenoxy) is 1. The quantitative estimate of drug-likeness (QED) is 0.731. The molecule has 0 aliphatic heterocycles. The Labute approximate surface area is 104 Å². The van der Waals surface area contributed by atoms with Gasteiger partial charge in [-0.05, 0) is 37.4 Å². The van der Waals surface area contributed by atoms with Crippen LogP contribution in [0, 0.1) is 12.8 Å². The molecule has 1 unspecified atom stereocenters. The van der Waals surface area contributed by atoms with E-state index in [2.05, 4.69) is 36.5 Å². The third-order valence-electron chi connectivity index (χ3n) is 3.56. The summed E-state index contributed by atoms with van der Waals surface area (Å²) in [6, 6.07) is 8.83. The molecule has 0 bridgehead atoms. The fourth-order valence-corrected chi connectivity index (χ4v) is 2.16. The fraction of sp³-hybridized carbons (Fsp3) is 0.600. The van der Waals surface area contributed by atoms with Gasteiger partial charge in [0.25, 0.3) is 0 Å². The number of likely N-dealkylation sites (N-methyl/N-ethyl adjacent to an activating group) is 1. The van der Waals surface area contributed by atoms with Crippen LogP contribution >= 0.6 is 0 Å². The van der Waals surface area contributed by atoms with Gasteiger partial charge in [0, 0.05) is 6.61 Å². The predicted molar refractivity (Wildman–Crippen MR) is 71.1 cm³/mol. The number of rotatable bonds is 7. The topological polar surface area (TPSA) is 21.3 Å². The van der Waals surface area contributed by atoms with E-state index in [1.807, 2.05) is 7.05 Å². The molecule has 0 saturated heterocycles. The van der Waals surface area contributed by atoms with Crippen molar-refractivity contribution in [2.75, 3.05) is 20.3 Å². The van der Waals surface area contributed by atoms with Crippen LogP contribution < -0.4 is 5.32 Å². The molecule has 1 atom stereocenters. The van der Waals surface area contributed by atoms with Gasteiger partial charge in [0.2, 0.25) is 0 Å². The van der Waals surface area contributed by atoms with Crippen molar-refractivity contribution < 1.29 is 4.74 Å². The Balaban J connectivity index is 1.80. The van der Waals surface area contributed by atoms with Gasteiger partial charge >= 0.3 is 0 Å². The minimum atomic E-state index is 0.315. The van der Waals surface area contributed by atoms with Gasteiger partial charge in [-0.15, -0.1) is 0 Å². The van der Waals surface area contributed by atoms with Crippen LogP contribution in [0.25, 0.3) is 0 Å². The minimum absolute atomic E-state index is 0.315. The summed E-state index contributed by atoms with van der Waals surface area (Å²) in [5.41, 5.74) is 2.68. The summed E-state index contributed by atoms with van der Waals surface area (Å²) in [6.07, 6.45) is 4.07. The molecule has 1 aliphatic carbocycles. The first kappa shape index (κ1) is 12.6.